The summed E-state index contributed by atoms with van der Waals surface area (Å²) in [4.78, 5) is 4.57. The molecule has 1 aromatic heterocycles. The maximum absolute atomic E-state index is 4.57. The van der Waals surface area contributed by atoms with Crippen molar-refractivity contribution in [1.82, 2.24) is 4.98 Å². The Balaban J connectivity index is 0.00000357. The molecule has 0 amide bonds. The van der Waals surface area contributed by atoms with Crippen molar-refractivity contribution in [3.63, 3.8) is 0 Å². The van der Waals surface area contributed by atoms with Crippen LogP contribution < -0.4 is 0 Å². The van der Waals surface area contributed by atoms with E-state index >= 15 is 0 Å². The Hall–Kier alpha value is -4.88. The van der Waals surface area contributed by atoms with E-state index in [-0.39, 0.29) is 20.1 Å². The predicted molar refractivity (Wildman–Crippen MR) is 185 cm³/mol. The average Bonchev–Trinajstić information content (AvgIpc) is 3.09. The van der Waals surface area contributed by atoms with Gasteiger partial charge in [-0.3, -0.25) is 0 Å². The number of nitrogens with zero attached hydrogens (tertiary/aromatic N) is 1. The predicted octanol–water partition coefficient (Wildman–Crippen LogP) is 11.5. The summed E-state index contributed by atoms with van der Waals surface area (Å²) in [6, 6.07) is 57.5. The third-order valence-corrected chi connectivity index (χ3v) is 8.32. The third kappa shape index (κ3) is 6.35. The monoisotopic (exact) mass is 755 g/mol. The van der Waals surface area contributed by atoms with Crippen LogP contribution in [0.1, 0.15) is 11.1 Å². The van der Waals surface area contributed by atoms with Crippen LogP contribution in [-0.4, -0.2) is 4.98 Å². The molecule has 1 nitrogen and oxygen atoms in total. The summed E-state index contributed by atoms with van der Waals surface area (Å²) in [5, 5.41) is 0. The molecule has 219 valence electrons. The van der Waals surface area contributed by atoms with Gasteiger partial charge in [-0.05, 0) is 105 Å². The van der Waals surface area contributed by atoms with E-state index in [9.17, 15) is 0 Å². The summed E-state index contributed by atoms with van der Waals surface area (Å²) in [6.45, 7) is 4.41. The van der Waals surface area contributed by atoms with Crippen LogP contribution in [0.2, 0.25) is 0 Å². The second-order valence-electron chi connectivity index (χ2n) is 11.3. The molecule has 0 N–H and O–H groups in total. The quantitative estimate of drug-likeness (QED) is 0.154. The van der Waals surface area contributed by atoms with Crippen LogP contribution in [-0.2, 0) is 20.1 Å². The van der Waals surface area contributed by atoms with Crippen LogP contribution in [0.3, 0.4) is 0 Å². The van der Waals surface area contributed by atoms with Gasteiger partial charge < -0.3 is 4.98 Å². The van der Waals surface area contributed by atoms with E-state index in [0.29, 0.717) is 0 Å². The van der Waals surface area contributed by atoms with Gasteiger partial charge in [0.15, 0.2) is 0 Å². The molecule has 7 rings (SSSR count). The van der Waals surface area contributed by atoms with E-state index in [1.165, 1.54) is 61.2 Å². The second-order valence-corrected chi connectivity index (χ2v) is 11.3. The fourth-order valence-electron chi connectivity index (χ4n) is 6.11. The Kier molecular flexibility index (Phi) is 8.98. The minimum atomic E-state index is 0. The number of hydrogen-bond donors (Lipinski definition) is 0. The summed E-state index contributed by atoms with van der Waals surface area (Å²) in [5.41, 5.74) is 16.6. The molecule has 0 saturated carbocycles. The average molecular weight is 755 g/mol. The summed E-state index contributed by atoms with van der Waals surface area (Å²) in [7, 11) is 0. The summed E-state index contributed by atoms with van der Waals surface area (Å²) >= 11 is 0. The minimum absolute atomic E-state index is 0. The van der Waals surface area contributed by atoms with Gasteiger partial charge in [-0.25, -0.2) is 0 Å². The van der Waals surface area contributed by atoms with Crippen molar-refractivity contribution in [2.24, 2.45) is 0 Å². The Morgan fingerprint density at radius 1 is 0.444 bits per heavy atom. The molecule has 0 saturated heterocycles. The molecule has 0 aliphatic heterocycles. The van der Waals surface area contributed by atoms with Gasteiger partial charge in [0, 0.05) is 26.3 Å². The zero-order valence-corrected chi connectivity index (χ0v) is 27.7. The zero-order chi connectivity index (χ0) is 29.9. The first-order valence-corrected chi connectivity index (χ1v) is 15.0. The van der Waals surface area contributed by atoms with Crippen LogP contribution in [0.15, 0.2) is 158 Å². The van der Waals surface area contributed by atoms with Gasteiger partial charge in [-0.15, -0.1) is 35.4 Å². The van der Waals surface area contributed by atoms with Crippen molar-refractivity contribution in [3.05, 3.63) is 175 Å². The van der Waals surface area contributed by atoms with Crippen LogP contribution in [0.4, 0.5) is 0 Å². The van der Waals surface area contributed by atoms with Crippen molar-refractivity contribution in [2.75, 3.05) is 0 Å². The van der Waals surface area contributed by atoms with Crippen molar-refractivity contribution < 1.29 is 20.1 Å². The van der Waals surface area contributed by atoms with E-state index in [4.69, 9.17) is 0 Å². The van der Waals surface area contributed by atoms with E-state index in [1.807, 2.05) is 30.5 Å². The Labute approximate surface area is 279 Å². The molecule has 1 radical (unpaired) electrons. The summed E-state index contributed by atoms with van der Waals surface area (Å²) < 4.78 is 0. The number of rotatable bonds is 6. The number of aryl methyl sites for hydroxylation is 2. The number of benzene rings is 6. The molecule has 6 aromatic carbocycles. The van der Waals surface area contributed by atoms with E-state index in [0.717, 1.165) is 16.8 Å². The second kappa shape index (κ2) is 13.4. The van der Waals surface area contributed by atoms with Crippen LogP contribution in [0.25, 0.3) is 66.9 Å². The SMILES string of the molecule is Cc1cccc(C)c1-c1cc(-c2cccc(-c3cccc(-c4ccccc4)c3)c2)ccc1-c1cc[c-]c(-c2ccccn2)c1.[Ir]. The van der Waals surface area contributed by atoms with Gasteiger partial charge in [0.25, 0.3) is 0 Å². The van der Waals surface area contributed by atoms with Gasteiger partial charge in [0.05, 0.1) is 0 Å². The zero-order valence-electron chi connectivity index (χ0n) is 25.3. The van der Waals surface area contributed by atoms with Gasteiger partial charge in [-0.1, -0.05) is 109 Å². The summed E-state index contributed by atoms with van der Waals surface area (Å²) in [5.74, 6) is 0. The molecule has 0 aliphatic rings. The third-order valence-electron chi connectivity index (χ3n) is 8.32. The fraction of sp³-hybridized carbons (Fsp3) is 0.0465. The van der Waals surface area contributed by atoms with Gasteiger partial charge in [0.1, 0.15) is 0 Å². The van der Waals surface area contributed by atoms with Crippen molar-refractivity contribution in [1.29, 1.82) is 0 Å². The Morgan fingerprint density at radius 3 is 1.67 bits per heavy atom. The maximum atomic E-state index is 4.57. The topological polar surface area (TPSA) is 12.9 Å². The summed E-state index contributed by atoms with van der Waals surface area (Å²) in [6.07, 6.45) is 1.83. The number of aromatic nitrogens is 1. The first-order chi connectivity index (χ1) is 21.6. The number of hydrogen-bond acceptors (Lipinski definition) is 1. The van der Waals surface area contributed by atoms with E-state index in [2.05, 4.69) is 152 Å². The van der Waals surface area contributed by atoms with Crippen LogP contribution in [0, 0.1) is 19.9 Å². The van der Waals surface area contributed by atoms with Crippen molar-refractivity contribution in [2.45, 2.75) is 13.8 Å². The molecule has 0 aliphatic carbocycles. The van der Waals surface area contributed by atoms with Crippen molar-refractivity contribution in [3.8, 4) is 66.9 Å². The number of pyridine rings is 1. The normalized spacial score (nSPS) is 10.7. The molecule has 0 spiro atoms. The maximum Gasteiger partial charge on any atom is 0.0160 e. The molecule has 7 aromatic rings. The minimum Gasteiger partial charge on any atom is -0.305 e. The molecular formula is C43H32IrN-. The van der Waals surface area contributed by atoms with E-state index < -0.39 is 0 Å². The van der Waals surface area contributed by atoms with Crippen LogP contribution in [0.5, 0.6) is 0 Å². The van der Waals surface area contributed by atoms with Gasteiger partial charge >= 0.3 is 0 Å². The Morgan fingerprint density at radius 2 is 1.02 bits per heavy atom. The molecule has 0 fully saturated rings. The first kappa shape index (κ1) is 30.2. The van der Waals surface area contributed by atoms with Crippen LogP contribution >= 0.6 is 0 Å². The van der Waals surface area contributed by atoms with Gasteiger partial charge in [0.2, 0.25) is 0 Å². The Bertz CT molecular complexity index is 2060. The molecule has 2 heteroatoms. The molecule has 0 atom stereocenters. The molecule has 45 heavy (non-hydrogen) atoms. The fourth-order valence-corrected chi connectivity index (χ4v) is 6.11. The molecular weight excluding hydrogens is 723 g/mol. The smallest absolute Gasteiger partial charge is 0.0160 e. The first-order valence-electron chi connectivity index (χ1n) is 15.0. The van der Waals surface area contributed by atoms with E-state index in [1.54, 1.807) is 0 Å². The van der Waals surface area contributed by atoms with Crippen molar-refractivity contribution >= 4 is 0 Å². The van der Waals surface area contributed by atoms with Gasteiger partial charge in [-0.2, -0.15) is 0 Å². The molecule has 0 bridgehead atoms. The standard InChI is InChI=1S/C43H32N.Ir/c1-30-12-8-13-31(2)43(30)41-29-37(23-24-40(41)38-20-11-21-39(28-38)42-22-6-7-25-44-42)36-19-10-18-35(27-36)34-17-9-16-33(26-34)32-14-4-3-5-15-32;/h3-20,22-29H,1-2H3;/q-1;. The molecule has 0 unspecified atom stereocenters. The molecule has 1 heterocycles. The largest absolute Gasteiger partial charge is 0.305 e.